The van der Waals surface area contributed by atoms with Crippen LogP contribution in [0.5, 0.6) is 0 Å². The summed E-state index contributed by atoms with van der Waals surface area (Å²) in [5.41, 5.74) is 0.989. The topological polar surface area (TPSA) is 116 Å². The Morgan fingerprint density at radius 3 is 2.48 bits per heavy atom. The van der Waals surface area contributed by atoms with Crippen molar-refractivity contribution in [3.63, 3.8) is 0 Å². The molecule has 0 amide bonds. The van der Waals surface area contributed by atoms with Gasteiger partial charge in [-0.3, -0.25) is 4.79 Å². The molecule has 2 aliphatic rings. The minimum absolute atomic E-state index is 0.0191. The normalized spacial score (nSPS) is 37.3. The van der Waals surface area contributed by atoms with Gasteiger partial charge < -0.3 is 29.9 Å². The molecule has 1 aliphatic heterocycles. The van der Waals surface area contributed by atoms with Crippen molar-refractivity contribution in [3.05, 3.63) is 23.3 Å². The van der Waals surface area contributed by atoms with E-state index in [4.69, 9.17) is 14.6 Å². The summed E-state index contributed by atoms with van der Waals surface area (Å²) in [5, 5.41) is 38.5. The van der Waals surface area contributed by atoms with Gasteiger partial charge in [0.2, 0.25) is 0 Å². The summed E-state index contributed by atoms with van der Waals surface area (Å²) >= 11 is 0. The fraction of sp³-hybridized carbons (Fsp3) is 0.688. The number of carbonyl (C=O) groups is 1. The van der Waals surface area contributed by atoms with Crippen molar-refractivity contribution in [2.45, 2.75) is 51.5 Å². The second kappa shape index (κ2) is 6.80. The molecule has 1 aliphatic carbocycles. The molecule has 0 aromatic carbocycles. The van der Waals surface area contributed by atoms with Crippen molar-refractivity contribution in [2.24, 2.45) is 5.41 Å². The first-order valence-corrected chi connectivity index (χ1v) is 7.54. The Labute approximate surface area is 134 Å². The van der Waals surface area contributed by atoms with Gasteiger partial charge in [0, 0.05) is 5.41 Å². The average Bonchev–Trinajstić information content (AvgIpc) is 2.48. The van der Waals surface area contributed by atoms with Crippen LogP contribution in [0.1, 0.15) is 20.8 Å². The predicted molar refractivity (Wildman–Crippen MR) is 80.3 cm³/mol. The molecule has 4 N–H and O–H groups in total. The van der Waals surface area contributed by atoms with E-state index in [2.05, 4.69) is 0 Å². The van der Waals surface area contributed by atoms with Gasteiger partial charge in [-0.2, -0.15) is 0 Å². The van der Waals surface area contributed by atoms with Crippen LogP contribution in [0.25, 0.3) is 0 Å². The predicted octanol–water partition coefficient (Wildman–Crippen LogP) is -0.715. The number of ether oxygens (including phenoxy) is 2. The molecular weight excluding hydrogens is 304 g/mol. The fourth-order valence-corrected chi connectivity index (χ4v) is 2.77. The first kappa shape index (κ1) is 18.3. The first-order valence-electron chi connectivity index (χ1n) is 7.54. The largest absolute Gasteiger partial charge is 0.394 e. The van der Waals surface area contributed by atoms with Gasteiger partial charge >= 0.3 is 0 Å². The second-order valence-corrected chi connectivity index (χ2v) is 6.59. The SMILES string of the molecule is CC1=CC(C)(C)C(COC2OC(CO)C(O)C(O)C2O)=CC1=O. The molecule has 0 spiro atoms. The van der Waals surface area contributed by atoms with E-state index in [-0.39, 0.29) is 17.8 Å². The highest BCUT2D eigenvalue weighted by atomic mass is 16.7. The van der Waals surface area contributed by atoms with Crippen LogP contribution in [-0.4, -0.2) is 70.1 Å². The lowest BCUT2D eigenvalue weighted by Gasteiger charge is -2.40. The van der Waals surface area contributed by atoms with Crippen LogP contribution in [0.4, 0.5) is 0 Å². The third-order valence-corrected chi connectivity index (χ3v) is 4.35. The quantitative estimate of drug-likeness (QED) is 0.538. The Morgan fingerprint density at radius 2 is 1.87 bits per heavy atom. The van der Waals surface area contributed by atoms with Crippen molar-refractivity contribution in [1.29, 1.82) is 0 Å². The van der Waals surface area contributed by atoms with Crippen LogP contribution >= 0.6 is 0 Å². The Balaban J connectivity index is 2.05. The lowest BCUT2D eigenvalue weighted by atomic mass is 9.78. The van der Waals surface area contributed by atoms with Gasteiger partial charge in [-0.15, -0.1) is 0 Å². The maximum atomic E-state index is 11.8. The van der Waals surface area contributed by atoms with Gasteiger partial charge in [-0.25, -0.2) is 0 Å². The maximum absolute atomic E-state index is 11.8. The standard InChI is InChI=1S/C16H24O7/c1-8-5-16(2,3)9(4-10(8)18)7-22-15-14(21)13(20)12(19)11(6-17)23-15/h4-5,11-15,17,19-21H,6-7H2,1-3H3. The molecule has 7 nitrogen and oxygen atoms in total. The van der Waals surface area contributed by atoms with Crippen LogP contribution in [0.2, 0.25) is 0 Å². The smallest absolute Gasteiger partial charge is 0.187 e. The third kappa shape index (κ3) is 3.71. The highest BCUT2D eigenvalue weighted by Gasteiger charge is 2.44. The Bertz CT molecular complexity index is 521. The van der Waals surface area contributed by atoms with Gasteiger partial charge in [0.25, 0.3) is 0 Å². The number of rotatable bonds is 4. The summed E-state index contributed by atoms with van der Waals surface area (Å²) in [4.78, 5) is 11.8. The molecule has 0 radical (unpaired) electrons. The zero-order valence-electron chi connectivity index (χ0n) is 13.5. The van der Waals surface area contributed by atoms with Crippen LogP contribution in [0.3, 0.4) is 0 Å². The van der Waals surface area contributed by atoms with Gasteiger partial charge in [0.15, 0.2) is 12.1 Å². The van der Waals surface area contributed by atoms with Gasteiger partial charge in [0.05, 0.1) is 13.2 Å². The molecule has 5 atom stereocenters. The highest BCUT2D eigenvalue weighted by Crippen LogP contribution is 2.34. The zero-order chi connectivity index (χ0) is 17.4. The number of carbonyl (C=O) groups excluding carboxylic acids is 1. The molecule has 1 fully saturated rings. The van der Waals surface area contributed by atoms with Crippen molar-refractivity contribution in [3.8, 4) is 0 Å². The molecule has 0 bridgehead atoms. The molecule has 130 valence electrons. The van der Waals surface area contributed by atoms with E-state index in [9.17, 15) is 20.1 Å². The van der Waals surface area contributed by atoms with Crippen molar-refractivity contribution in [1.82, 2.24) is 0 Å². The van der Waals surface area contributed by atoms with Crippen molar-refractivity contribution < 1.29 is 34.7 Å². The third-order valence-electron chi connectivity index (χ3n) is 4.35. The minimum atomic E-state index is -1.48. The van der Waals surface area contributed by atoms with Crippen LogP contribution in [0.15, 0.2) is 23.3 Å². The number of ketones is 1. The lowest BCUT2D eigenvalue weighted by Crippen LogP contribution is -2.59. The van der Waals surface area contributed by atoms with Gasteiger partial charge in [-0.05, 0) is 24.1 Å². The number of hydrogen-bond donors (Lipinski definition) is 4. The molecule has 0 saturated carbocycles. The van der Waals surface area contributed by atoms with Crippen LogP contribution in [-0.2, 0) is 14.3 Å². The molecule has 7 heteroatoms. The summed E-state index contributed by atoms with van der Waals surface area (Å²) in [6, 6.07) is 0. The first-order chi connectivity index (χ1) is 10.7. The Kier molecular flexibility index (Phi) is 5.40. The summed E-state index contributed by atoms with van der Waals surface area (Å²) in [5.74, 6) is -0.100. The van der Waals surface area contributed by atoms with E-state index in [1.807, 2.05) is 19.9 Å². The average molecular weight is 328 g/mol. The minimum Gasteiger partial charge on any atom is -0.394 e. The van der Waals surface area contributed by atoms with Gasteiger partial charge in [0.1, 0.15) is 24.4 Å². The number of hydrogen-bond acceptors (Lipinski definition) is 7. The molecule has 0 aromatic rings. The van der Waals surface area contributed by atoms with Crippen LogP contribution < -0.4 is 0 Å². The lowest BCUT2D eigenvalue weighted by molar-refractivity contribution is -0.299. The monoisotopic (exact) mass is 328 g/mol. The van der Waals surface area contributed by atoms with E-state index in [0.29, 0.717) is 11.1 Å². The summed E-state index contributed by atoms with van der Waals surface area (Å²) < 4.78 is 10.8. The maximum Gasteiger partial charge on any atom is 0.187 e. The Hall–Kier alpha value is -1.09. The molecular formula is C16H24O7. The molecule has 1 heterocycles. The number of allylic oxidation sites excluding steroid dienone is 3. The summed E-state index contributed by atoms with van der Waals surface area (Å²) in [6.45, 7) is 5.12. The molecule has 1 saturated heterocycles. The number of aliphatic hydroxyl groups is 4. The highest BCUT2D eigenvalue weighted by molar-refractivity contribution is 6.05. The van der Waals surface area contributed by atoms with E-state index < -0.39 is 37.3 Å². The molecule has 0 aromatic heterocycles. The van der Waals surface area contributed by atoms with E-state index in [1.165, 1.54) is 6.08 Å². The summed E-state index contributed by atoms with van der Waals surface area (Å²) in [6.07, 6.45) is -3.23. The number of aliphatic hydroxyl groups excluding tert-OH is 4. The molecule has 5 unspecified atom stereocenters. The molecule has 2 rings (SSSR count). The van der Waals surface area contributed by atoms with Crippen molar-refractivity contribution >= 4 is 5.78 Å². The Morgan fingerprint density at radius 1 is 1.22 bits per heavy atom. The van der Waals surface area contributed by atoms with Gasteiger partial charge in [-0.1, -0.05) is 19.9 Å². The zero-order valence-corrected chi connectivity index (χ0v) is 13.5. The van der Waals surface area contributed by atoms with Crippen molar-refractivity contribution in [2.75, 3.05) is 13.2 Å². The van der Waals surface area contributed by atoms with E-state index >= 15 is 0 Å². The summed E-state index contributed by atoms with van der Waals surface area (Å²) in [7, 11) is 0. The second-order valence-electron chi connectivity index (χ2n) is 6.59. The molecule has 23 heavy (non-hydrogen) atoms. The van der Waals surface area contributed by atoms with Crippen LogP contribution in [0, 0.1) is 5.41 Å². The van der Waals surface area contributed by atoms with E-state index in [0.717, 1.165) is 0 Å². The van der Waals surface area contributed by atoms with E-state index in [1.54, 1.807) is 6.92 Å². The fourth-order valence-electron chi connectivity index (χ4n) is 2.77.